The first-order valence-corrected chi connectivity index (χ1v) is 6.19. The lowest BCUT2D eigenvalue weighted by Gasteiger charge is -2.22. The van der Waals surface area contributed by atoms with Crippen molar-refractivity contribution in [3.63, 3.8) is 0 Å². The molecule has 0 bridgehead atoms. The molecule has 1 N–H and O–H groups in total. The summed E-state index contributed by atoms with van der Waals surface area (Å²) in [6.45, 7) is 3.67. The van der Waals surface area contributed by atoms with Crippen molar-refractivity contribution in [2.75, 3.05) is 25.1 Å². The van der Waals surface area contributed by atoms with Crippen LogP contribution in [0.4, 0.5) is 5.69 Å². The third-order valence-electron chi connectivity index (χ3n) is 2.54. The normalized spacial score (nSPS) is 9.89. The summed E-state index contributed by atoms with van der Waals surface area (Å²) in [5, 5.41) is 3.08. The molecule has 0 saturated carbocycles. The van der Waals surface area contributed by atoms with Gasteiger partial charge in [-0.2, -0.15) is 0 Å². The third kappa shape index (κ3) is 4.44. The van der Waals surface area contributed by atoms with E-state index < -0.39 is 0 Å². The number of hydrogen-bond acceptors (Lipinski definition) is 3. The fraction of sp³-hybridized carbons (Fsp3) is 0.385. The Hall–Kier alpha value is -1.75. The van der Waals surface area contributed by atoms with Gasteiger partial charge in [-0.15, -0.1) is 0 Å². The number of hydrogen-bond donors (Lipinski definition) is 1. The van der Waals surface area contributed by atoms with Gasteiger partial charge < -0.3 is 15.0 Å². The van der Waals surface area contributed by atoms with E-state index in [-0.39, 0.29) is 11.8 Å². The van der Waals surface area contributed by atoms with Gasteiger partial charge in [0.1, 0.15) is 5.75 Å². The molecule has 0 atom stereocenters. The molecule has 0 spiro atoms. The Morgan fingerprint density at radius 1 is 1.37 bits per heavy atom. The topological polar surface area (TPSA) is 58.6 Å². The average molecular weight is 285 g/mol. The van der Waals surface area contributed by atoms with Gasteiger partial charge in [0.05, 0.1) is 12.1 Å². The van der Waals surface area contributed by atoms with Crippen LogP contribution in [0.5, 0.6) is 5.75 Å². The van der Waals surface area contributed by atoms with Crippen LogP contribution >= 0.6 is 11.6 Å². The number of nitrogens with one attached hydrogen (secondary N) is 1. The molecular weight excluding hydrogens is 268 g/mol. The smallest absolute Gasteiger partial charge is 0.223 e. The van der Waals surface area contributed by atoms with Crippen molar-refractivity contribution in [2.45, 2.75) is 13.8 Å². The number of nitrogens with zero attached hydrogens (tertiary/aromatic N) is 1. The summed E-state index contributed by atoms with van der Waals surface area (Å²) in [4.78, 5) is 24.0. The van der Waals surface area contributed by atoms with Crippen LogP contribution in [0.2, 0.25) is 5.02 Å². The first kappa shape index (κ1) is 15.3. The van der Waals surface area contributed by atoms with Crippen molar-refractivity contribution < 1.29 is 14.3 Å². The molecule has 104 valence electrons. The minimum atomic E-state index is -0.128. The van der Waals surface area contributed by atoms with E-state index >= 15 is 0 Å². The summed E-state index contributed by atoms with van der Waals surface area (Å²) in [6.07, 6.45) is 0. The molecule has 0 saturated heterocycles. The standard InChI is InChI=1S/C13H17ClN2O3/c1-9(17)15-6-7-16(10(2)18)11-4-5-13(19-3)12(14)8-11/h4-5,8H,6-7H2,1-3H3,(H,15,17). The van der Waals surface area contributed by atoms with Crippen LogP contribution in [0.15, 0.2) is 18.2 Å². The predicted octanol–water partition coefficient (Wildman–Crippen LogP) is 1.84. The Morgan fingerprint density at radius 2 is 2.05 bits per heavy atom. The zero-order chi connectivity index (χ0) is 14.4. The largest absolute Gasteiger partial charge is 0.495 e. The molecule has 1 aromatic rings. The number of carbonyl (C=O) groups is 2. The molecule has 1 aromatic carbocycles. The number of halogens is 1. The number of ether oxygens (including phenoxy) is 1. The van der Waals surface area contributed by atoms with E-state index in [0.29, 0.717) is 29.5 Å². The molecule has 0 unspecified atom stereocenters. The van der Waals surface area contributed by atoms with E-state index in [1.165, 1.54) is 21.0 Å². The summed E-state index contributed by atoms with van der Waals surface area (Å²) >= 11 is 6.03. The Balaban J connectivity index is 2.84. The minimum absolute atomic E-state index is 0.119. The molecule has 0 fully saturated rings. The first-order valence-electron chi connectivity index (χ1n) is 5.81. The van der Waals surface area contributed by atoms with E-state index in [1.54, 1.807) is 23.1 Å². The van der Waals surface area contributed by atoms with Crippen molar-refractivity contribution in [1.29, 1.82) is 0 Å². The molecule has 0 aliphatic rings. The molecule has 0 aliphatic carbocycles. The van der Waals surface area contributed by atoms with Crippen LogP contribution in [-0.2, 0) is 9.59 Å². The zero-order valence-corrected chi connectivity index (χ0v) is 12.0. The summed E-state index contributed by atoms with van der Waals surface area (Å²) in [5.74, 6) is 0.304. The van der Waals surface area contributed by atoms with Gasteiger partial charge in [0, 0.05) is 32.6 Å². The molecular formula is C13H17ClN2O3. The molecule has 6 heteroatoms. The van der Waals surface area contributed by atoms with E-state index in [1.807, 2.05) is 0 Å². The van der Waals surface area contributed by atoms with E-state index in [0.717, 1.165) is 0 Å². The van der Waals surface area contributed by atoms with Crippen molar-refractivity contribution in [3.05, 3.63) is 23.2 Å². The van der Waals surface area contributed by atoms with Crippen LogP contribution in [0.25, 0.3) is 0 Å². The highest BCUT2D eigenvalue weighted by Crippen LogP contribution is 2.29. The summed E-state index contributed by atoms with van der Waals surface area (Å²) in [7, 11) is 1.53. The van der Waals surface area contributed by atoms with Crippen LogP contribution < -0.4 is 15.0 Å². The maximum Gasteiger partial charge on any atom is 0.223 e. The second kappa shape index (κ2) is 6.99. The maximum atomic E-state index is 11.6. The van der Waals surface area contributed by atoms with Crippen LogP contribution in [-0.4, -0.2) is 32.0 Å². The second-order valence-corrected chi connectivity index (χ2v) is 4.38. The molecule has 5 nitrogen and oxygen atoms in total. The quantitative estimate of drug-likeness (QED) is 0.897. The Morgan fingerprint density at radius 3 is 2.53 bits per heavy atom. The molecule has 2 amide bonds. The van der Waals surface area contributed by atoms with Crippen molar-refractivity contribution >= 4 is 29.1 Å². The predicted molar refractivity (Wildman–Crippen MR) is 74.7 cm³/mol. The number of benzene rings is 1. The van der Waals surface area contributed by atoms with Crippen molar-refractivity contribution in [2.24, 2.45) is 0 Å². The lowest BCUT2D eigenvalue weighted by Crippen LogP contribution is -2.36. The summed E-state index contributed by atoms with van der Waals surface area (Å²) < 4.78 is 5.06. The van der Waals surface area contributed by atoms with E-state index in [4.69, 9.17) is 16.3 Å². The number of anilines is 1. The Labute approximate surface area is 117 Å². The van der Waals surface area contributed by atoms with Gasteiger partial charge in [-0.25, -0.2) is 0 Å². The second-order valence-electron chi connectivity index (χ2n) is 3.97. The molecule has 0 radical (unpaired) electrons. The van der Waals surface area contributed by atoms with Crippen molar-refractivity contribution in [1.82, 2.24) is 5.32 Å². The number of amides is 2. The number of rotatable bonds is 5. The van der Waals surface area contributed by atoms with Gasteiger partial charge in [0.2, 0.25) is 11.8 Å². The third-order valence-corrected chi connectivity index (χ3v) is 2.83. The highest BCUT2D eigenvalue weighted by molar-refractivity contribution is 6.32. The van der Waals surface area contributed by atoms with Crippen LogP contribution in [0.3, 0.4) is 0 Å². The van der Waals surface area contributed by atoms with Gasteiger partial charge >= 0.3 is 0 Å². The lowest BCUT2D eigenvalue weighted by atomic mass is 10.2. The Kier molecular flexibility index (Phi) is 5.63. The molecule has 0 aliphatic heterocycles. The molecule has 19 heavy (non-hydrogen) atoms. The van der Waals surface area contributed by atoms with Gasteiger partial charge in [-0.3, -0.25) is 9.59 Å². The highest BCUT2D eigenvalue weighted by atomic mass is 35.5. The lowest BCUT2D eigenvalue weighted by molar-refractivity contribution is -0.119. The monoisotopic (exact) mass is 284 g/mol. The first-order chi connectivity index (χ1) is 8.95. The maximum absolute atomic E-state index is 11.6. The number of methoxy groups -OCH3 is 1. The van der Waals surface area contributed by atoms with E-state index in [9.17, 15) is 9.59 Å². The molecule has 0 aromatic heterocycles. The van der Waals surface area contributed by atoms with Gasteiger partial charge in [0.15, 0.2) is 0 Å². The number of carbonyl (C=O) groups excluding carboxylic acids is 2. The SMILES string of the molecule is COc1ccc(N(CCNC(C)=O)C(C)=O)cc1Cl. The minimum Gasteiger partial charge on any atom is -0.495 e. The van der Waals surface area contributed by atoms with Gasteiger partial charge in [-0.1, -0.05) is 11.6 Å². The highest BCUT2D eigenvalue weighted by Gasteiger charge is 2.13. The van der Waals surface area contributed by atoms with Crippen LogP contribution in [0, 0.1) is 0 Å². The van der Waals surface area contributed by atoms with Crippen LogP contribution in [0.1, 0.15) is 13.8 Å². The summed E-state index contributed by atoms with van der Waals surface area (Å²) in [5.41, 5.74) is 0.670. The average Bonchev–Trinajstić information content (AvgIpc) is 2.33. The zero-order valence-electron chi connectivity index (χ0n) is 11.2. The van der Waals surface area contributed by atoms with E-state index in [2.05, 4.69) is 5.32 Å². The van der Waals surface area contributed by atoms with Crippen molar-refractivity contribution in [3.8, 4) is 5.75 Å². The Bertz CT molecular complexity index is 477. The fourth-order valence-electron chi connectivity index (χ4n) is 1.64. The van der Waals surface area contributed by atoms with Gasteiger partial charge in [-0.05, 0) is 18.2 Å². The fourth-order valence-corrected chi connectivity index (χ4v) is 1.89. The molecule has 1 rings (SSSR count). The van der Waals surface area contributed by atoms with Gasteiger partial charge in [0.25, 0.3) is 0 Å². The summed E-state index contributed by atoms with van der Waals surface area (Å²) in [6, 6.07) is 5.11. The molecule has 0 heterocycles.